The fraction of sp³-hybridized carbons (Fsp3) is 0.294. The first-order chi connectivity index (χ1) is 11.5. The van der Waals surface area contributed by atoms with Crippen molar-refractivity contribution in [3.63, 3.8) is 0 Å². The summed E-state index contributed by atoms with van der Waals surface area (Å²) in [7, 11) is 0. The van der Waals surface area contributed by atoms with Gasteiger partial charge in [-0.05, 0) is 19.1 Å². The van der Waals surface area contributed by atoms with E-state index in [9.17, 15) is 15.3 Å². The van der Waals surface area contributed by atoms with Crippen LogP contribution in [0.5, 0.6) is 5.88 Å². The van der Waals surface area contributed by atoms with Crippen molar-refractivity contribution in [1.82, 2.24) is 9.55 Å². The molecule has 1 aromatic carbocycles. The Labute approximate surface area is 139 Å². The van der Waals surface area contributed by atoms with E-state index in [4.69, 9.17) is 5.73 Å². The highest BCUT2D eigenvalue weighted by molar-refractivity contribution is 6.21. The lowest BCUT2D eigenvalue weighted by atomic mass is 10.1. The topological polar surface area (TPSA) is 117 Å². The van der Waals surface area contributed by atoms with Crippen LogP contribution in [0.25, 0.3) is 11.6 Å². The molecule has 0 unspecified atom stereocenters. The number of benzene rings is 1. The van der Waals surface area contributed by atoms with Gasteiger partial charge in [0.1, 0.15) is 11.5 Å². The van der Waals surface area contributed by atoms with Gasteiger partial charge in [-0.3, -0.25) is 9.56 Å². The molecule has 1 aliphatic rings. The lowest BCUT2D eigenvalue weighted by Crippen LogP contribution is -2.27. The minimum atomic E-state index is -0.835. The van der Waals surface area contributed by atoms with E-state index in [0.717, 1.165) is 16.8 Å². The van der Waals surface area contributed by atoms with Crippen LogP contribution in [0.1, 0.15) is 30.0 Å². The highest BCUT2D eigenvalue weighted by atomic mass is 16.3. The van der Waals surface area contributed by atoms with Crippen molar-refractivity contribution >= 4 is 23.6 Å². The monoisotopic (exact) mass is 328 g/mol. The molecule has 2 heterocycles. The zero-order chi connectivity index (χ0) is 17.3. The molecule has 1 aliphatic heterocycles. The largest absolute Gasteiger partial charge is 0.493 e. The molecule has 126 valence electrons. The van der Waals surface area contributed by atoms with Crippen LogP contribution in [0.4, 0.5) is 5.69 Å². The first kappa shape index (κ1) is 16.4. The average molecular weight is 328 g/mol. The molecule has 0 spiro atoms. The third-order valence-corrected chi connectivity index (χ3v) is 3.99. The molecular weight excluding hydrogens is 308 g/mol. The van der Waals surface area contributed by atoms with Crippen LogP contribution in [0.2, 0.25) is 0 Å². The summed E-state index contributed by atoms with van der Waals surface area (Å²) in [6, 6.07) is 6.91. The SMILES string of the molecule is C[C@@H](O)[C@@H](N)c1nc(/C=C2\C=Nc3ccccc32)c(O)n1CCO. The Kier molecular flexibility index (Phi) is 4.48. The fourth-order valence-electron chi connectivity index (χ4n) is 2.67. The van der Waals surface area contributed by atoms with Crippen LogP contribution >= 0.6 is 0 Å². The van der Waals surface area contributed by atoms with Crippen molar-refractivity contribution in [2.45, 2.75) is 25.6 Å². The van der Waals surface area contributed by atoms with Crippen LogP contribution in [0.3, 0.4) is 0 Å². The Balaban J connectivity index is 2.05. The number of fused-ring (bicyclic) bond motifs is 1. The molecule has 0 fully saturated rings. The van der Waals surface area contributed by atoms with Gasteiger partial charge < -0.3 is 21.1 Å². The van der Waals surface area contributed by atoms with E-state index in [0.29, 0.717) is 11.5 Å². The lowest BCUT2D eigenvalue weighted by molar-refractivity contribution is 0.156. The molecule has 0 amide bonds. The number of para-hydroxylation sites is 1. The van der Waals surface area contributed by atoms with Crippen LogP contribution in [-0.2, 0) is 6.54 Å². The van der Waals surface area contributed by atoms with E-state index in [1.54, 1.807) is 19.2 Å². The second-order valence-electron chi connectivity index (χ2n) is 5.70. The maximum atomic E-state index is 10.4. The van der Waals surface area contributed by atoms with Gasteiger partial charge >= 0.3 is 0 Å². The average Bonchev–Trinajstić information content (AvgIpc) is 3.11. The van der Waals surface area contributed by atoms with Crippen LogP contribution in [-0.4, -0.2) is 43.8 Å². The number of hydrogen-bond donors (Lipinski definition) is 4. The molecule has 0 saturated carbocycles. The third kappa shape index (κ3) is 2.84. The predicted octanol–water partition coefficient (Wildman–Crippen LogP) is 1.22. The van der Waals surface area contributed by atoms with Gasteiger partial charge in [0.25, 0.3) is 0 Å². The van der Waals surface area contributed by atoms with Crippen molar-refractivity contribution in [3.8, 4) is 5.88 Å². The number of imidazole rings is 1. The molecule has 2 atom stereocenters. The number of nitrogens with two attached hydrogens (primary N) is 1. The van der Waals surface area contributed by atoms with Gasteiger partial charge in [0.15, 0.2) is 0 Å². The third-order valence-electron chi connectivity index (χ3n) is 3.99. The molecule has 3 rings (SSSR count). The fourth-order valence-corrected chi connectivity index (χ4v) is 2.67. The summed E-state index contributed by atoms with van der Waals surface area (Å²) < 4.78 is 1.42. The van der Waals surface area contributed by atoms with E-state index in [2.05, 4.69) is 9.98 Å². The number of aromatic hydroxyl groups is 1. The van der Waals surface area contributed by atoms with Crippen LogP contribution in [0.15, 0.2) is 29.3 Å². The zero-order valence-corrected chi connectivity index (χ0v) is 13.3. The Morgan fingerprint density at radius 1 is 1.33 bits per heavy atom. The van der Waals surface area contributed by atoms with Crippen LogP contribution < -0.4 is 5.73 Å². The second-order valence-corrected chi connectivity index (χ2v) is 5.70. The van der Waals surface area contributed by atoms with E-state index in [1.807, 2.05) is 24.3 Å². The first-order valence-electron chi connectivity index (χ1n) is 7.72. The summed E-state index contributed by atoms with van der Waals surface area (Å²) in [5.41, 5.74) is 8.93. The molecule has 2 aromatic rings. The number of aliphatic hydroxyl groups is 2. The van der Waals surface area contributed by atoms with Gasteiger partial charge in [-0.15, -0.1) is 0 Å². The molecule has 0 saturated heterocycles. The Hall–Kier alpha value is -2.48. The van der Waals surface area contributed by atoms with Gasteiger partial charge in [0.2, 0.25) is 5.88 Å². The molecule has 7 heteroatoms. The molecule has 24 heavy (non-hydrogen) atoms. The normalized spacial score (nSPS) is 17.2. The Morgan fingerprint density at radius 3 is 2.79 bits per heavy atom. The van der Waals surface area contributed by atoms with Crippen molar-refractivity contribution in [3.05, 3.63) is 41.3 Å². The summed E-state index contributed by atoms with van der Waals surface area (Å²) in [6.45, 7) is 1.52. The minimum Gasteiger partial charge on any atom is -0.493 e. The van der Waals surface area contributed by atoms with Gasteiger partial charge in [-0.1, -0.05) is 18.2 Å². The van der Waals surface area contributed by atoms with E-state index < -0.39 is 12.1 Å². The van der Waals surface area contributed by atoms with Gasteiger partial charge in [0.05, 0.1) is 31.0 Å². The summed E-state index contributed by atoms with van der Waals surface area (Å²) in [5.74, 6) is 0.229. The number of allylic oxidation sites excluding steroid dienone is 1. The smallest absolute Gasteiger partial charge is 0.219 e. The maximum Gasteiger partial charge on any atom is 0.219 e. The highest BCUT2D eigenvalue weighted by Crippen LogP contribution is 2.34. The summed E-state index contributed by atoms with van der Waals surface area (Å²) >= 11 is 0. The molecule has 0 aliphatic carbocycles. The molecule has 1 aromatic heterocycles. The number of aliphatic hydroxyl groups excluding tert-OH is 2. The molecule has 7 nitrogen and oxygen atoms in total. The van der Waals surface area contributed by atoms with E-state index in [-0.39, 0.29) is 19.0 Å². The van der Waals surface area contributed by atoms with Gasteiger partial charge in [-0.2, -0.15) is 0 Å². The second kappa shape index (κ2) is 6.56. The maximum absolute atomic E-state index is 10.4. The molecule has 5 N–H and O–H groups in total. The number of aromatic nitrogens is 2. The first-order valence-corrected chi connectivity index (χ1v) is 7.72. The molecule has 0 bridgehead atoms. The standard InChI is InChI=1S/C17H20N4O3/c1-10(23)15(18)16-20-14(17(24)21(16)6-7-22)8-11-9-19-13-5-3-2-4-12(11)13/h2-5,8-10,15,22-24H,6-7,18H2,1H3/b11-8+/t10-,15-/m1/s1. The number of aliphatic imine (C=N–C) groups is 1. The number of rotatable bonds is 5. The zero-order valence-electron chi connectivity index (χ0n) is 13.3. The Bertz CT molecular complexity index is 808. The van der Waals surface area contributed by atoms with Gasteiger partial charge in [-0.25, -0.2) is 4.98 Å². The minimum absolute atomic E-state index is 0.0968. The molecular formula is C17H20N4O3. The number of hydrogen-bond acceptors (Lipinski definition) is 6. The summed E-state index contributed by atoms with van der Waals surface area (Å²) in [6.07, 6.45) is 2.60. The van der Waals surface area contributed by atoms with Crippen molar-refractivity contribution < 1.29 is 15.3 Å². The number of nitrogens with zero attached hydrogens (tertiary/aromatic N) is 3. The predicted molar refractivity (Wildman–Crippen MR) is 92.1 cm³/mol. The quantitative estimate of drug-likeness (QED) is 0.658. The van der Waals surface area contributed by atoms with E-state index >= 15 is 0 Å². The van der Waals surface area contributed by atoms with Crippen molar-refractivity contribution in [2.75, 3.05) is 6.61 Å². The van der Waals surface area contributed by atoms with Crippen molar-refractivity contribution in [1.29, 1.82) is 0 Å². The summed E-state index contributed by atoms with van der Waals surface area (Å²) in [5, 5.41) is 29.4. The van der Waals surface area contributed by atoms with Gasteiger partial charge in [0, 0.05) is 17.4 Å². The Morgan fingerprint density at radius 2 is 2.08 bits per heavy atom. The summed E-state index contributed by atoms with van der Waals surface area (Å²) in [4.78, 5) is 8.69. The lowest BCUT2D eigenvalue weighted by Gasteiger charge is -2.15. The highest BCUT2D eigenvalue weighted by Gasteiger charge is 2.24. The van der Waals surface area contributed by atoms with Crippen molar-refractivity contribution in [2.24, 2.45) is 10.7 Å². The van der Waals surface area contributed by atoms with E-state index in [1.165, 1.54) is 4.57 Å². The molecule has 0 radical (unpaired) electrons. The van der Waals surface area contributed by atoms with Crippen LogP contribution in [0, 0.1) is 0 Å².